The first kappa shape index (κ1) is 12.1. The topological polar surface area (TPSA) is 69.7 Å². The number of carbonyl (C=O) groups is 2. The van der Waals surface area contributed by atoms with Gasteiger partial charge >= 0.3 is 11.9 Å². The van der Waals surface area contributed by atoms with Crippen molar-refractivity contribution in [3.05, 3.63) is 17.2 Å². The van der Waals surface area contributed by atoms with Gasteiger partial charge in [-0.05, 0) is 20.8 Å². The normalized spacial score (nSPS) is 10.1. The van der Waals surface area contributed by atoms with Crippen LogP contribution in [-0.4, -0.2) is 17.9 Å². The Hall–Kier alpha value is -1.87. The van der Waals surface area contributed by atoms with Crippen molar-refractivity contribution in [1.29, 1.82) is 0 Å². The minimum atomic E-state index is -1.03. The molecule has 0 fully saturated rings. The van der Waals surface area contributed by atoms with E-state index in [2.05, 4.69) is 9.78 Å². The lowest BCUT2D eigenvalue weighted by atomic mass is 10.3. The Morgan fingerprint density at radius 1 is 1.14 bits per heavy atom. The molecule has 0 atom stereocenters. The molecule has 0 saturated heterocycles. The lowest BCUT2D eigenvalue weighted by Gasteiger charge is -2.00. The highest BCUT2D eigenvalue weighted by atomic mass is 17.2. The van der Waals surface area contributed by atoms with Crippen molar-refractivity contribution in [3.63, 3.8) is 0 Å². The minimum absolute atomic E-state index is 0.295. The maximum Gasteiger partial charge on any atom is 0.392 e. The van der Waals surface area contributed by atoms with Crippen molar-refractivity contribution in [2.75, 3.05) is 0 Å². The molecule has 0 aromatic carbocycles. The molecule has 76 valence electrons. The zero-order chi connectivity index (χ0) is 11.1. The van der Waals surface area contributed by atoms with Gasteiger partial charge < -0.3 is 0 Å². The molecule has 0 bridgehead atoms. The van der Waals surface area contributed by atoms with Crippen LogP contribution in [0.2, 0.25) is 0 Å². The number of allylic oxidation sites excluding steroid dienone is 1. The highest BCUT2D eigenvalue weighted by Gasteiger charge is 2.12. The summed E-state index contributed by atoms with van der Waals surface area (Å²) in [5.74, 6) is -0.491. The maximum absolute atomic E-state index is 10.9. The van der Waals surface area contributed by atoms with Gasteiger partial charge in [0.15, 0.2) is 0 Å². The summed E-state index contributed by atoms with van der Waals surface area (Å²) in [4.78, 5) is 39.8. The molecular formula is C9H10O5. The van der Waals surface area contributed by atoms with Crippen molar-refractivity contribution in [2.45, 2.75) is 20.8 Å². The van der Waals surface area contributed by atoms with Crippen molar-refractivity contribution >= 4 is 17.9 Å². The average molecular weight is 198 g/mol. The zero-order valence-corrected chi connectivity index (χ0v) is 8.12. The largest absolute Gasteiger partial charge is 0.392 e. The van der Waals surface area contributed by atoms with Gasteiger partial charge in [0.2, 0.25) is 0 Å². The third-order valence-corrected chi connectivity index (χ3v) is 1.41. The second kappa shape index (κ2) is 5.72. The summed E-state index contributed by atoms with van der Waals surface area (Å²) in [6.07, 6.45) is 1.50. The standard InChI is InChI=1S/C9H10O5/c1-4-6(2)8(11)13-14-9(12)7(3)5-10/h4H,1-3H3/b6-4+. The van der Waals surface area contributed by atoms with E-state index >= 15 is 0 Å². The molecule has 14 heavy (non-hydrogen) atoms. The van der Waals surface area contributed by atoms with Crippen LogP contribution in [0.25, 0.3) is 0 Å². The van der Waals surface area contributed by atoms with Gasteiger partial charge in [-0.3, -0.25) is 0 Å². The summed E-state index contributed by atoms with van der Waals surface area (Å²) < 4.78 is 0. The van der Waals surface area contributed by atoms with Crippen LogP contribution in [0.15, 0.2) is 17.2 Å². The summed E-state index contributed by atoms with van der Waals surface area (Å²) in [7, 11) is 0. The van der Waals surface area contributed by atoms with Crippen molar-refractivity contribution in [3.8, 4) is 0 Å². The molecule has 0 spiro atoms. The number of hydrogen-bond acceptors (Lipinski definition) is 5. The monoisotopic (exact) mass is 198 g/mol. The molecule has 0 rings (SSSR count). The highest BCUT2D eigenvalue weighted by molar-refractivity contribution is 5.96. The highest BCUT2D eigenvalue weighted by Crippen LogP contribution is 1.98. The Kier molecular flexibility index (Phi) is 4.96. The second-order valence-electron chi connectivity index (χ2n) is 2.44. The Balaban J connectivity index is 4.15. The van der Waals surface area contributed by atoms with Gasteiger partial charge in [-0.25, -0.2) is 24.2 Å². The minimum Gasteiger partial charge on any atom is -0.242 e. The molecule has 0 unspecified atom stereocenters. The van der Waals surface area contributed by atoms with Gasteiger partial charge in [0.1, 0.15) is 11.5 Å². The summed E-state index contributed by atoms with van der Waals surface area (Å²) in [6, 6.07) is 0. The van der Waals surface area contributed by atoms with E-state index in [1.165, 1.54) is 25.9 Å². The zero-order valence-electron chi connectivity index (χ0n) is 8.12. The average Bonchev–Trinajstić information content (AvgIpc) is 2.22. The fraction of sp³-hybridized carbons (Fsp3) is 0.333. The third-order valence-electron chi connectivity index (χ3n) is 1.41. The van der Waals surface area contributed by atoms with Gasteiger partial charge in [-0.15, -0.1) is 0 Å². The first-order valence-electron chi connectivity index (χ1n) is 3.80. The molecule has 0 heterocycles. The molecule has 0 amide bonds. The molecule has 0 radical (unpaired) electrons. The van der Waals surface area contributed by atoms with E-state index in [0.717, 1.165) is 0 Å². The van der Waals surface area contributed by atoms with Gasteiger partial charge in [0, 0.05) is 5.57 Å². The van der Waals surface area contributed by atoms with Crippen LogP contribution in [0.4, 0.5) is 0 Å². The number of rotatable bonds is 2. The molecule has 0 aliphatic carbocycles. The van der Waals surface area contributed by atoms with Crippen LogP contribution < -0.4 is 0 Å². The predicted molar refractivity (Wildman–Crippen MR) is 46.5 cm³/mol. The van der Waals surface area contributed by atoms with E-state index in [-0.39, 0.29) is 5.57 Å². The fourth-order valence-corrected chi connectivity index (χ4v) is 0.363. The third kappa shape index (κ3) is 3.69. The molecule has 0 saturated carbocycles. The molecule has 0 aromatic rings. The Labute approximate surface area is 80.9 Å². The van der Waals surface area contributed by atoms with Crippen molar-refractivity contribution in [1.82, 2.24) is 0 Å². The number of carbonyl (C=O) groups excluding carboxylic acids is 3. The summed E-state index contributed by atoms with van der Waals surface area (Å²) in [5, 5.41) is 0. The van der Waals surface area contributed by atoms with Crippen LogP contribution >= 0.6 is 0 Å². The lowest BCUT2D eigenvalue weighted by Crippen LogP contribution is -2.12. The smallest absolute Gasteiger partial charge is 0.242 e. The van der Waals surface area contributed by atoms with Crippen LogP contribution in [0.3, 0.4) is 0 Å². The SMILES string of the molecule is C/C=C(\C)C(=O)OOC(=O)C(C)=C=O. The molecular weight excluding hydrogens is 188 g/mol. The van der Waals surface area contributed by atoms with Crippen LogP contribution in [0, 0.1) is 0 Å². The Bertz CT molecular complexity index is 320. The molecule has 0 aromatic heterocycles. The van der Waals surface area contributed by atoms with E-state index in [1.807, 2.05) is 0 Å². The Morgan fingerprint density at radius 3 is 2.07 bits per heavy atom. The first-order chi connectivity index (χ1) is 6.52. The lowest BCUT2D eigenvalue weighted by molar-refractivity contribution is -0.252. The maximum atomic E-state index is 10.9. The van der Waals surface area contributed by atoms with E-state index in [1.54, 1.807) is 6.92 Å². The van der Waals surface area contributed by atoms with Gasteiger partial charge in [0.05, 0.1) is 0 Å². The van der Waals surface area contributed by atoms with Crippen molar-refractivity contribution in [2.24, 2.45) is 0 Å². The first-order valence-corrected chi connectivity index (χ1v) is 3.80. The van der Waals surface area contributed by atoms with E-state index in [9.17, 15) is 14.4 Å². The predicted octanol–water partition coefficient (Wildman–Crippen LogP) is 0.732. The molecule has 0 N–H and O–H groups in total. The molecule has 5 nitrogen and oxygen atoms in total. The second-order valence-corrected chi connectivity index (χ2v) is 2.44. The fourth-order valence-electron chi connectivity index (χ4n) is 0.363. The van der Waals surface area contributed by atoms with E-state index in [0.29, 0.717) is 5.57 Å². The van der Waals surface area contributed by atoms with Crippen LogP contribution in [0.1, 0.15) is 20.8 Å². The summed E-state index contributed by atoms with van der Waals surface area (Å²) >= 11 is 0. The van der Waals surface area contributed by atoms with Gasteiger partial charge in [-0.2, -0.15) is 0 Å². The van der Waals surface area contributed by atoms with Crippen LogP contribution in [-0.2, 0) is 24.2 Å². The summed E-state index contributed by atoms with van der Waals surface area (Å²) in [5.41, 5.74) is 0.00136. The van der Waals surface area contributed by atoms with E-state index < -0.39 is 11.9 Å². The number of hydrogen-bond donors (Lipinski definition) is 0. The Morgan fingerprint density at radius 2 is 1.64 bits per heavy atom. The molecule has 5 heteroatoms. The molecule has 0 aliphatic rings. The van der Waals surface area contributed by atoms with Crippen molar-refractivity contribution < 1.29 is 24.2 Å². The van der Waals surface area contributed by atoms with E-state index in [4.69, 9.17) is 0 Å². The molecule has 0 aliphatic heterocycles. The van der Waals surface area contributed by atoms with Gasteiger partial charge in [0.25, 0.3) is 0 Å². The van der Waals surface area contributed by atoms with Gasteiger partial charge in [-0.1, -0.05) is 6.08 Å². The summed E-state index contributed by atoms with van der Waals surface area (Å²) in [6.45, 7) is 4.33. The van der Waals surface area contributed by atoms with Crippen LogP contribution in [0.5, 0.6) is 0 Å². The quantitative estimate of drug-likeness (QED) is 0.283.